The average molecular weight is 534 g/mol. The summed E-state index contributed by atoms with van der Waals surface area (Å²) in [7, 11) is 0. The van der Waals surface area contributed by atoms with E-state index in [9.17, 15) is 4.79 Å². The van der Waals surface area contributed by atoms with E-state index in [0.717, 1.165) is 30.8 Å². The van der Waals surface area contributed by atoms with Crippen molar-refractivity contribution in [2.45, 2.75) is 75.9 Å². The van der Waals surface area contributed by atoms with E-state index < -0.39 is 0 Å². The molecule has 1 atom stereocenters. The smallest absolute Gasteiger partial charge is 0.248 e. The van der Waals surface area contributed by atoms with Crippen LogP contribution in [0, 0.1) is 17.8 Å². The first-order valence-corrected chi connectivity index (χ1v) is 13.6. The Bertz CT molecular complexity index is 507. The van der Waals surface area contributed by atoms with Crippen molar-refractivity contribution in [3.63, 3.8) is 0 Å². The Morgan fingerprint density at radius 2 is 1.40 bits per heavy atom. The molecule has 0 aromatic carbocycles. The summed E-state index contributed by atoms with van der Waals surface area (Å²) in [5, 5.41) is 0. The fraction of sp³-hybridized carbons (Fsp3) is 0.958. The summed E-state index contributed by atoms with van der Waals surface area (Å²) < 4.78 is 6.17. The number of hydrogen-bond acceptors (Lipinski definition) is 4. The SMILES string of the molecule is CC(C)OCC(=O)N1CCC(CC2CCN(CC3CCN(C(C)I)CC3)CC2)CC1. The Kier molecular flexibility index (Phi) is 10.2. The third-order valence-corrected chi connectivity index (χ3v) is 8.34. The van der Waals surface area contributed by atoms with Crippen LogP contribution in [0.4, 0.5) is 0 Å². The number of hydrogen-bond donors (Lipinski definition) is 0. The molecule has 3 fully saturated rings. The van der Waals surface area contributed by atoms with Crippen molar-refractivity contribution in [1.82, 2.24) is 14.7 Å². The molecule has 3 rings (SSSR count). The largest absolute Gasteiger partial charge is 0.369 e. The molecule has 0 N–H and O–H groups in total. The maximum atomic E-state index is 12.2. The minimum atomic E-state index is 0.130. The van der Waals surface area contributed by atoms with E-state index in [0.29, 0.717) is 4.05 Å². The van der Waals surface area contributed by atoms with Crippen molar-refractivity contribution in [3.8, 4) is 0 Å². The third kappa shape index (κ3) is 7.89. The number of carbonyl (C=O) groups excluding carboxylic acids is 1. The number of alkyl halides is 1. The quantitative estimate of drug-likeness (QED) is 0.266. The Morgan fingerprint density at radius 3 is 1.93 bits per heavy atom. The summed E-state index contributed by atoms with van der Waals surface area (Å²) in [5.74, 6) is 2.81. The average Bonchev–Trinajstić information content (AvgIpc) is 2.74. The number of amides is 1. The monoisotopic (exact) mass is 533 g/mol. The van der Waals surface area contributed by atoms with Crippen molar-refractivity contribution in [1.29, 1.82) is 0 Å². The van der Waals surface area contributed by atoms with Crippen LogP contribution in [0.25, 0.3) is 0 Å². The van der Waals surface area contributed by atoms with Crippen LogP contribution in [0.3, 0.4) is 0 Å². The predicted octanol–water partition coefficient (Wildman–Crippen LogP) is 4.25. The van der Waals surface area contributed by atoms with Crippen molar-refractivity contribution >= 4 is 28.5 Å². The van der Waals surface area contributed by atoms with E-state index in [1.54, 1.807) is 0 Å². The van der Waals surface area contributed by atoms with E-state index in [1.165, 1.54) is 77.7 Å². The number of carbonyl (C=O) groups is 1. The Balaban J connectivity index is 1.28. The highest BCUT2D eigenvalue weighted by Crippen LogP contribution is 2.31. The van der Waals surface area contributed by atoms with E-state index in [1.807, 2.05) is 18.7 Å². The van der Waals surface area contributed by atoms with E-state index in [-0.39, 0.29) is 18.6 Å². The van der Waals surface area contributed by atoms with Crippen LogP contribution in [0.5, 0.6) is 0 Å². The highest BCUT2D eigenvalue weighted by molar-refractivity contribution is 14.1. The molecule has 0 aromatic rings. The highest BCUT2D eigenvalue weighted by atomic mass is 127. The van der Waals surface area contributed by atoms with Crippen LogP contribution in [0.2, 0.25) is 0 Å². The van der Waals surface area contributed by atoms with Gasteiger partial charge in [-0.3, -0.25) is 9.69 Å². The van der Waals surface area contributed by atoms with E-state index >= 15 is 0 Å². The molecule has 0 aliphatic carbocycles. The molecular formula is C24H44IN3O2. The zero-order chi connectivity index (χ0) is 21.5. The van der Waals surface area contributed by atoms with Crippen molar-refractivity contribution in [2.75, 3.05) is 52.4 Å². The fourth-order valence-electron chi connectivity index (χ4n) is 5.48. The first-order valence-electron chi connectivity index (χ1n) is 12.4. The summed E-state index contributed by atoms with van der Waals surface area (Å²) in [6.45, 7) is 14.9. The molecule has 1 unspecified atom stereocenters. The van der Waals surface area contributed by atoms with Crippen molar-refractivity contribution in [2.24, 2.45) is 17.8 Å². The lowest BCUT2D eigenvalue weighted by Crippen LogP contribution is -2.43. The summed E-state index contributed by atoms with van der Waals surface area (Å²) in [6.07, 6.45) is 9.40. The standard InChI is InChI=1S/C24H44IN3O2/c1-19(2)30-18-24(29)28-14-6-22(7-15-28)16-21-4-10-26(11-5-21)17-23-8-12-27(13-9-23)20(3)25/h19-23H,4-18H2,1-3H3. The lowest BCUT2D eigenvalue weighted by molar-refractivity contribution is -0.139. The predicted molar refractivity (Wildman–Crippen MR) is 132 cm³/mol. The molecule has 30 heavy (non-hydrogen) atoms. The maximum Gasteiger partial charge on any atom is 0.248 e. The molecule has 5 nitrogen and oxygen atoms in total. The molecule has 3 aliphatic heterocycles. The van der Waals surface area contributed by atoms with Gasteiger partial charge in [-0.25, -0.2) is 0 Å². The molecule has 0 radical (unpaired) electrons. The normalized spacial score (nSPS) is 25.2. The number of ether oxygens (including phenoxy) is 1. The van der Waals surface area contributed by atoms with Crippen molar-refractivity contribution < 1.29 is 9.53 Å². The van der Waals surface area contributed by atoms with Gasteiger partial charge < -0.3 is 14.5 Å². The number of nitrogens with zero attached hydrogens (tertiary/aromatic N) is 3. The first kappa shape index (κ1) is 24.7. The summed E-state index contributed by atoms with van der Waals surface area (Å²) in [5.41, 5.74) is 0. The molecule has 6 heteroatoms. The van der Waals surface area contributed by atoms with Gasteiger partial charge >= 0.3 is 0 Å². The molecule has 1 amide bonds. The summed E-state index contributed by atoms with van der Waals surface area (Å²) >= 11 is 2.55. The van der Waals surface area contributed by atoms with Crippen LogP contribution in [0.1, 0.15) is 65.7 Å². The second kappa shape index (κ2) is 12.4. The Morgan fingerprint density at radius 1 is 0.867 bits per heavy atom. The van der Waals surface area contributed by atoms with Crippen LogP contribution < -0.4 is 0 Å². The van der Waals surface area contributed by atoms with Crippen molar-refractivity contribution in [3.05, 3.63) is 0 Å². The topological polar surface area (TPSA) is 36.0 Å². The number of rotatable bonds is 8. The molecule has 3 aliphatic rings. The van der Waals surface area contributed by atoms with Gasteiger partial charge in [-0.2, -0.15) is 0 Å². The summed E-state index contributed by atoms with van der Waals surface area (Å²) in [4.78, 5) is 19.6. The molecule has 0 spiro atoms. The molecular weight excluding hydrogens is 489 g/mol. The van der Waals surface area contributed by atoms with Crippen LogP contribution in [0.15, 0.2) is 0 Å². The van der Waals surface area contributed by atoms with Crippen LogP contribution in [-0.4, -0.2) is 83.2 Å². The molecule has 3 heterocycles. The Labute approximate surface area is 198 Å². The van der Waals surface area contributed by atoms with Gasteiger partial charge in [-0.1, -0.05) is 22.6 Å². The molecule has 174 valence electrons. The van der Waals surface area contributed by atoms with Gasteiger partial charge in [0.25, 0.3) is 0 Å². The zero-order valence-electron chi connectivity index (χ0n) is 19.5. The van der Waals surface area contributed by atoms with Gasteiger partial charge in [-0.05, 0) is 110 Å². The van der Waals surface area contributed by atoms with Gasteiger partial charge in [0.2, 0.25) is 5.91 Å². The van der Waals surface area contributed by atoms with E-state index in [4.69, 9.17) is 4.74 Å². The lowest BCUT2D eigenvalue weighted by atomic mass is 9.82. The van der Waals surface area contributed by atoms with Gasteiger partial charge in [0.05, 0.1) is 10.2 Å². The number of likely N-dealkylation sites (tertiary alicyclic amines) is 3. The fourth-order valence-corrected chi connectivity index (χ4v) is 6.04. The van der Waals surface area contributed by atoms with Gasteiger partial charge in [0.15, 0.2) is 0 Å². The van der Waals surface area contributed by atoms with E-state index in [2.05, 4.69) is 39.3 Å². The second-order valence-corrected chi connectivity index (χ2v) is 12.0. The number of piperidine rings is 3. The van der Waals surface area contributed by atoms with Crippen LogP contribution >= 0.6 is 22.6 Å². The number of halogens is 1. The second-order valence-electron chi connectivity index (χ2n) is 10.2. The van der Waals surface area contributed by atoms with Gasteiger partial charge in [0.1, 0.15) is 6.61 Å². The highest BCUT2D eigenvalue weighted by Gasteiger charge is 2.29. The minimum Gasteiger partial charge on any atom is -0.369 e. The first-order chi connectivity index (χ1) is 14.4. The van der Waals surface area contributed by atoms with Gasteiger partial charge in [0, 0.05) is 19.6 Å². The Hall–Kier alpha value is 0.0800. The van der Waals surface area contributed by atoms with Crippen LogP contribution in [-0.2, 0) is 9.53 Å². The molecule has 0 bridgehead atoms. The van der Waals surface area contributed by atoms with Gasteiger partial charge in [-0.15, -0.1) is 0 Å². The molecule has 0 aromatic heterocycles. The summed E-state index contributed by atoms with van der Waals surface area (Å²) in [6, 6.07) is 0. The third-order valence-electron chi connectivity index (χ3n) is 7.55. The lowest BCUT2D eigenvalue weighted by Gasteiger charge is -2.39. The molecule has 3 saturated heterocycles. The molecule has 0 saturated carbocycles. The maximum absolute atomic E-state index is 12.2. The zero-order valence-corrected chi connectivity index (χ0v) is 21.7. The minimum absolute atomic E-state index is 0.130.